The van der Waals surface area contributed by atoms with Crippen LogP contribution in [-0.2, 0) is 12.1 Å². The molecular formula is C26H19Cl2F2N3O3. The molecule has 0 saturated carbocycles. The fourth-order valence-corrected chi connectivity index (χ4v) is 3.99. The van der Waals surface area contributed by atoms with Crippen LogP contribution in [0.5, 0.6) is 5.75 Å². The van der Waals surface area contributed by atoms with Crippen LogP contribution in [0.3, 0.4) is 0 Å². The van der Waals surface area contributed by atoms with Crippen molar-refractivity contribution in [3.8, 4) is 5.75 Å². The molecule has 0 aliphatic heterocycles. The van der Waals surface area contributed by atoms with Gasteiger partial charge in [0.25, 0.3) is 0 Å². The third-order valence-corrected chi connectivity index (χ3v) is 5.85. The lowest BCUT2D eigenvalue weighted by atomic mass is 9.94. The van der Waals surface area contributed by atoms with Gasteiger partial charge in [-0.05, 0) is 48.0 Å². The Morgan fingerprint density at radius 3 is 2.53 bits per heavy atom. The summed E-state index contributed by atoms with van der Waals surface area (Å²) in [6.07, 6.45) is 5.65. The minimum atomic E-state index is -1.87. The summed E-state index contributed by atoms with van der Waals surface area (Å²) in [5, 5.41) is 15.9. The number of carbonyl (C=O) groups is 1. The molecule has 0 bridgehead atoms. The molecule has 1 atom stereocenters. The molecule has 1 aromatic heterocycles. The van der Waals surface area contributed by atoms with Gasteiger partial charge in [0.1, 0.15) is 42.2 Å². The number of aromatic nitrogens is 3. The summed E-state index contributed by atoms with van der Waals surface area (Å²) in [6.45, 7) is -0.524. The summed E-state index contributed by atoms with van der Waals surface area (Å²) in [6, 6.07) is 14.2. The number of rotatable bonds is 9. The molecule has 0 saturated heterocycles. The van der Waals surface area contributed by atoms with Crippen LogP contribution >= 0.6 is 23.2 Å². The predicted octanol–water partition coefficient (Wildman–Crippen LogP) is 5.73. The lowest BCUT2D eigenvalue weighted by molar-refractivity contribution is -0.0297. The summed E-state index contributed by atoms with van der Waals surface area (Å²) < 4.78 is 35.0. The lowest BCUT2D eigenvalue weighted by Gasteiger charge is -2.29. The molecule has 0 aliphatic carbocycles. The molecule has 184 valence electrons. The first kappa shape index (κ1) is 25.5. The summed E-state index contributed by atoms with van der Waals surface area (Å²) in [5.41, 5.74) is -0.965. The van der Waals surface area contributed by atoms with E-state index in [2.05, 4.69) is 10.1 Å². The summed E-state index contributed by atoms with van der Waals surface area (Å²) in [4.78, 5) is 16.2. The first-order valence-electron chi connectivity index (χ1n) is 10.6. The van der Waals surface area contributed by atoms with Gasteiger partial charge in [-0.15, -0.1) is 0 Å². The van der Waals surface area contributed by atoms with Gasteiger partial charge in [-0.2, -0.15) is 5.10 Å². The van der Waals surface area contributed by atoms with Gasteiger partial charge in [0, 0.05) is 22.2 Å². The maximum atomic E-state index is 14.5. The van der Waals surface area contributed by atoms with Gasteiger partial charge in [-0.1, -0.05) is 47.5 Å². The van der Waals surface area contributed by atoms with Crippen LogP contribution < -0.4 is 4.74 Å². The number of benzene rings is 3. The smallest absolute Gasteiger partial charge is 0.187 e. The van der Waals surface area contributed by atoms with Crippen molar-refractivity contribution >= 4 is 35.1 Å². The van der Waals surface area contributed by atoms with Crippen LogP contribution in [0.15, 0.2) is 79.4 Å². The van der Waals surface area contributed by atoms with Crippen molar-refractivity contribution in [2.75, 3.05) is 6.61 Å². The van der Waals surface area contributed by atoms with Crippen molar-refractivity contribution in [1.82, 2.24) is 14.8 Å². The fraction of sp³-hybridized carbons (Fsp3) is 0.115. The van der Waals surface area contributed by atoms with Crippen molar-refractivity contribution in [1.29, 1.82) is 0 Å². The quantitative estimate of drug-likeness (QED) is 0.221. The molecule has 4 rings (SSSR count). The molecule has 0 spiro atoms. The highest BCUT2D eigenvalue weighted by atomic mass is 35.5. The van der Waals surface area contributed by atoms with E-state index in [0.717, 1.165) is 6.07 Å². The number of ether oxygens (including phenoxy) is 1. The first-order chi connectivity index (χ1) is 17.2. The Labute approximate surface area is 215 Å². The van der Waals surface area contributed by atoms with Gasteiger partial charge in [-0.3, -0.25) is 4.79 Å². The average molecular weight is 530 g/mol. The number of hydrogen-bond acceptors (Lipinski definition) is 5. The number of halogens is 4. The second-order valence-corrected chi connectivity index (χ2v) is 8.77. The monoisotopic (exact) mass is 529 g/mol. The van der Waals surface area contributed by atoms with E-state index in [1.54, 1.807) is 42.5 Å². The molecule has 0 radical (unpaired) electrons. The lowest BCUT2D eigenvalue weighted by Crippen LogP contribution is -2.39. The largest absolute Gasteiger partial charge is 0.490 e. The van der Waals surface area contributed by atoms with E-state index in [1.165, 1.54) is 35.5 Å². The number of aliphatic hydroxyl groups is 1. The van der Waals surface area contributed by atoms with E-state index in [0.29, 0.717) is 28.0 Å². The maximum absolute atomic E-state index is 14.5. The molecule has 36 heavy (non-hydrogen) atoms. The van der Waals surface area contributed by atoms with Gasteiger partial charge in [-0.25, -0.2) is 18.4 Å². The van der Waals surface area contributed by atoms with E-state index >= 15 is 0 Å². The van der Waals surface area contributed by atoms with Crippen LogP contribution in [0, 0.1) is 11.6 Å². The highest BCUT2D eigenvalue weighted by Gasteiger charge is 2.34. The summed E-state index contributed by atoms with van der Waals surface area (Å²) in [5.74, 6) is -1.57. The molecule has 1 unspecified atom stereocenters. The molecule has 6 nitrogen and oxygen atoms in total. The van der Waals surface area contributed by atoms with Crippen LogP contribution in [-0.4, -0.2) is 32.3 Å². The first-order valence-corrected chi connectivity index (χ1v) is 11.4. The van der Waals surface area contributed by atoms with E-state index in [-0.39, 0.29) is 29.5 Å². The second kappa shape index (κ2) is 11.0. The zero-order valence-electron chi connectivity index (χ0n) is 18.6. The second-order valence-electron chi connectivity index (χ2n) is 7.93. The Balaban J connectivity index is 1.47. The number of ketones is 1. The van der Waals surface area contributed by atoms with Gasteiger partial charge in [0.15, 0.2) is 5.78 Å². The Hall–Kier alpha value is -3.59. The van der Waals surface area contributed by atoms with E-state index in [9.17, 15) is 18.7 Å². The van der Waals surface area contributed by atoms with E-state index < -0.39 is 17.2 Å². The third-order valence-electron chi connectivity index (χ3n) is 5.30. The van der Waals surface area contributed by atoms with Gasteiger partial charge in [0.2, 0.25) is 0 Å². The average Bonchev–Trinajstić information content (AvgIpc) is 3.34. The van der Waals surface area contributed by atoms with Crippen LogP contribution in [0.1, 0.15) is 21.5 Å². The number of nitrogens with zero attached hydrogens (tertiary/aromatic N) is 3. The highest BCUT2D eigenvalue weighted by molar-refractivity contribution is 6.37. The summed E-state index contributed by atoms with van der Waals surface area (Å²) >= 11 is 11.9. The molecular weight excluding hydrogens is 511 g/mol. The Bertz CT molecular complexity index is 1400. The minimum Gasteiger partial charge on any atom is -0.490 e. The number of allylic oxidation sites excluding steroid dienone is 1. The third kappa shape index (κ3) is 6.15. The molecule has 0 aliphatic rings. The Kier molecular flexibility index (Phi) is 7.79. The van der Waals surface area contributed by atoms with E-state index in [1.807, 2.05) is 0 Å². The van der Waals surface area contributed by atoms with Crippen molar-refractivity contribution in [2.24, 2.45) is 0 Å². The zero-order valence-corrected chi connectivity index (χ0v) is 20.1. The predicted molar refractivity (Wildman–Crippen MR) is 132 cm³/mol. The van der Waals surface area contributed by atoms with Crippen molar-refractivity contribution in [2.45, 2.75) is 12.1 Å². The van der Waals surface area contributed by atoms with E-state index in [4.69, 9.17) is 27.9 Å². The number of carbonyl (C=O) groups excluding carboxylic acids is 1. The van der Waals surface area contributed by atoms with Crippen LogP contribution in [0.2, 0.25) is 10.0 Å². The topological polar surface area (TPSA) is 77.2 Å². The van der Waals surface area contributed by atoms with Gasteiger partial charge < -0.3 is 9.84 Å². The molecule has 0 amide bonds. The van der Waals surface area contributed by atoms with Crippen molar-refractivity contribution in [3.63, 3.8) is 0 Å². The Morgan fingerprint density at radius 2 is 1.86 bits per heavy atom. The zero-order chi connectivity index (χ0) is 25.7. The van der Waals surface area contributed by atoms with Gasteiger partial charge in [0.05, 0.1) is 11.6 Å². The van der Waals surface area contributed by atoms with Crippen LogP contribution in [0.4, 0.5) is 8.78 Å². The highest BCUT2D eigenvalue weighted by Crippen LogP contribution is 2.28. The Morgan fingerprint density at radius 1 is 1.08 bits per heavy atom. The SMILES string of the molecule is O=C(C=Cc1ccc(OCC(O)(Cn2cncn2)c2ccc(F)cc2F)cc1)c1ccc(Cl)cc1Cl. The normalized spacial score (nSPS) is 13.0. The van der Waals surface area contributed by atoms with Crippen molar-refractivity contribution in [3.05, 3.63) is 118 Å². The fourth-order valence-electron chi connectivity index (χ4n) is 3.49. The molecule has 10 heteroatoms. The summed E-state index contributed by atoms with van der Waals surface area (Å²) in [7, 11) is 0. The molecule has 4 aromatic rings. The number of hydrogen-bond donors (Lipinski definition) is 1. The standard InChI is InChI=1S/C26H19Cl2F2N3O3/c27-18-4-8-21(23(28)11-18)25(34)10-3-17-1-6-20(7-2-17)36-14-26(35,13-33-16-31-15-32-33)22-9-5-19(29)12-24(22)30/h1-12,15-16,35H,13-14H2. The molecule has 0 fully saturated rings. The molecule has 1 heterocycles. The minimum absolute atomic E-state index is 0.140. The maximum Gasteiger partial charge on any atom is 0.187 e. The van der Waals surface area contributed by atoms with Crippen molar-refractivity contribution < 1.29 is 23.4 Å². The molecule has 1 N–H and O–H groups in total. The van der Waals surface area contributed by atoms with Crippen LogP contribution in [0.25, 0.3) is 6.08 Å². The van der Waals surface area contributed by atoms with Gasteiger partial charge >= 0.3 is 0 Å². The molecule has 3 aromatic carbocycles.